The molecule has 3 heteroatoms. The lowest BCUT2D eigenvalue weighted by molar-refractivity contribution is 0.223. The molecule has 0 radical (unpaired) electrons. The van der Waals surface area contributed by atoms with Crippen molar-refractivity contribution in [3.63, 3.8) is 0 Å². The summed E-state index contributed by atoms with van der Waals surface area (Å²) in [6, 6.07) is 2.97. The molecule has 3 nitrogen and oxygen atoms in total. The molecule has 2 heterocycles. The third-order valence-corrected chi connectivity index (χ3v) is 3.75. The molecule has 2 saturated heterocycles. The van der Waals surface area contributed by atoms with Crippen molar-refractivity contribution in [2.75, 3.05) is 26.2 Å². The largest absolute Gasteiger partial charge is 0.316 e. The van der Waals surface area contributed by atoms with Gasteiger partial charge in [-0.15, -0.1) is 0 Å². The minimum absolute atomic E-state index is 0.684. The Morgan fingerprint density at radius 3 is 3.07 bits per heavy atom. The normalized spacial score (nSPS) is 37.0. The van der Waals surface area contributed by atoms with Crippen LogP contribution in [0.4, 0.5) is 0 Å². The molecule has 0 amide bonds. The number of nitrogens with zero attached hydrogens (tertiary/aromatic N) is 2. The smallest absolute Gasteiger partial charge is 0.0635 e. The molecule has 0 aromatic heterocycles. The van der Waals surface area contributed by atoms with Gasteiger partial charge in [-0.3, -0.25) is 4.90 Å². The predicted octanol–water partition coefficient (Wildman–Crippen LogP) is 0.830. The average Bonchev–Trinajstić information content (AvgIpc) is 2.73. The number of rotatable bonds is 3. The molecule has 0 bridgehead atoms. The Balaban J connectivity index is 1.96. The standard InChI is InChI=1S/C11H19N3/c1-2-11-10-7-13-6-9(10)8-14(11)5-3-4-12/h9-11,13H,2-3,5-8H2,1H3. The summed E-state index contributed by atoms with van der Waals surface area (Å²) >= 11 is 0. The lowest BCUT2D eigenvalue weighted by Gasteiger charge is -2.25. The van der Waals surface area contributed by atoms with Crippen molar-refractivity contribution in [2.45, 2.75) is 25.8 Å². The molecule has 2 aliphatic heterocycles. The van der Waals surface area contributed by atoms with Crippen molar-refractivity contribution in [3.8, 4) is 6.07 Å². The summed E-state index contributed by atoms with van der Waals surface area (Å²) in [4.78, 5) is 2.53. The van der Waals surface area contributed by atoms with Gasteiger partial charge in [0.05, 0.1) is 6.07 Å². The number of nitrogens with one attached hydrogen (secondary N) is 1. The monoisotopic (exact) mass is 193 g/mol. The van der Waals surface area contributed by atoms with Crippen LogP contribution in [-0.4, -0.2) is 37.1 Å². The summed E-state index contributed by atoms with van der Waals surface area (Å²) < 4.78 is 0. The first-order valence-corrected chi connectivity index (χ1v) is 5.68. The van der Waals surface area contributed by atoms with E-state index < -0.39 is 0 Å². The van der Waals surface area contributed by atoms with Gasteiger partial charge in [-0.05, 0) is 31.3 Å². The first kappa shape index (κ1) is 9.95. The quantitative estimate of drug-likeness (QED) is 0.721. The Labute approximate surface area is 86.1 Å². The van der Waals surface area contributed by atoms with Crippen molar-refractivity contribution >= 4 is 0 Å². The van der Waals surface area contributed by atoms with E-state index in [1.807, 2.05) is 0 Å². The number of hydrogen-bond acceptors (Lipinski definition) is 3. The van der Waals surface area contributed by atoms with Gasteiger partial charge in [0.15, 0.2) is 0 Å². The van der Waals surface area contributed by atoms with E-state index in [1.165, 1.54) is 26.1 Å². The second-order valence-electron chi connectivity index (χ2n) is 4.46. The zero-order chi connectivity index (χ0) is 9.97. The zero-order valence-electron chi connectivity index (χ0n) is 8.87. The molecule has 78 valence electrons. The van der Waals surface area contributed by atoms with Crippen molar-refractivity contribution in [1.82, 2.24) is 10.2 Å². The van der Waals surface area contributed by atoms with Gasteiger partial charge >= 0.3 is 0 Å². The van der Waals surface area contributed by atoms with Crippen LogP contribution >= 0.6 is 0 Å². The Bertz CT molecular complexity index is 233. The Kier molecular flexibility index (Phi) is 3.05. The maximum Gasteiger partial charge on any atom is 0.0635 e. The highest BCUT2D eigenvalue weighted by molar-refractivity contribution is 4.98. The van der Waals surface area contributed by atoms with E-state index in [0.717, 1.165) is 24.4 Å². The van der Waals surface area contributed by atoms with Crippen LogP contribution in [0.15, 0.2) is 0 Å². The lowest BCUT2D eigenvalue weighted by atomic mass is 9.93. The molecule has 2 fully saturated rings. The summed E-state index contributed by atoms with van der Waals surface area (Å²) in [6.45, 7) is 6.82. The van der Waals surface area contributed by atoms with Crippen LogP contribution in [0.1, 0.15) is 19.8 Å². The minimum atomic E-state index is 0.684. The fourth-order valence-corrected chi connectivity index (χ4v) is 3.12. The minimum Gasteiger partial charge on any atom is -0.316 e. The number of likely N-dealkylation sites (tertiary alicyclic amines) is 1. The molecule has 2 aliphatic rings. The highest BCUT2D eigenvalue weighted by Gasteiger charge is 2.42. The molecule has 0 aliphatic carbocycles. The van der Waals surface area contributed by atoms with Crippen molar-refractivity contribution in [3.05, 3.63) is 0 Å². The van der Waals surface area contributed by atoms with E-state index in [1.54, 1.807) is 0 Å². The van der Waals surface area contributed by atoms with Crippen LogP contribution in [0, 0.1) is 23.2 Å². The summed E-state index contributed by atoms with van der Waals surface area (Å²) in [6.07, 6.45) is 1.91. The van der Waals surface area contributed by atoms with Crippen LogP contribution in [0.2, 0.25) is 0 Å². The van der Waals surface area contributed by atoms with Gasteiger partial charge < -0.3 is 5.32 Å². The molecule has 0 spiro atoms. The SMILES string of the molecule is CCC1C2CNCC2CN1CCC#N. The molecule has 2 rings (SSSR count). The van der Waals surface area contributed by atoms with Gasteiger partial charge in [-0.1, -0.05) is 6.92 Å². The topological polar surface area (TPSA) is 39.1 Å². The van der Waals surface area contributed by atoms with Crippen LogP contribution in [0.5, 0.6) is 0 Å². The van der Waals surface area contributed by atoms with Crippen LogP contribution < -0.4 is 5.32 Å². The van der Waals surface area contributed by atoms with Crippen LogP contribution in [0.25, 0.3) is 0 Å². The Morgan fingerprint density at radius 2 is 2.36 bits per heavy atom. The van der Waals surface area contributed by atoms with Gasteiger partial charge in [0, 0.05) is 25.6 Å². The third-order valence-electron chi connectivity index (χ3n) is 3.75. The Morgan fingerprint density at radius 1 is 1.50 bits per heavy atom. The van der Waals surface area contributed by atoms with E-state index >= 15 is 0 Å². The molecule has 0 aromatic rings. The fourth-order valence-electron chi connectivity index (χ4n) is 3.12. The van der Waals surface area contributed by atoms with Crippen molar-refractivity contribution in [2.24, 2.45) is 11.8 Å². The van der Waals surface area contributed by atoms with E-state index in [9.17, 15) is 0 Å². The summed E-state index contributed by atoms with van der Waals surface area (Å²) in [5, 5.41) is 12.1. The third kappa shape index (κ3) is 1.65. The molecule has 3 unspecified atom stereocenters. The average molecular weight is 193 g/mol. The molecular formula is C11H19N3. The van der Waals surface area contributed by atoms with Gasteiger partial charge in [-0.2, -0.15) is 5.26 Å². The van der Waals surface area contributed by atoms with Gasteiger partial charge in [0.2, 0.25) is 0 Å². The van der Waals surface area contributed by atoms with E-state index in [0.29, 0.717) is 6.42 Å². The molecular weight excluding hydrogens is 174 g/mol. The Hall–Kier alpha value is -0.590. The molecule has 1 N–H and O–H groups in total. The second kappa shape index (κ2) is 4.29. The fraction of sp³-hybridized carbons (Fsp3) is 0.909. The second-order valence-corrected chi connectivity index (χ2v) is 4.46. The van der Waals surface area contributed by atoms with E-state index in [4.69, 9.17) is 5.26 Å². The van der Waals surface area contributed by atoms with Crippen molar-refractivity contribution < 1.29 is 0 Å². The highest BCUT2D eigenvalue weighted by Crippen LogP contribution is 2.33. The number of fused-ring (bicyclic) bond motifs is 1. The summed E-state index contributed by atoms with van der Waals surface area (Å²) in [7, 11) is 0. The van der Waals surface area contributed by atoms with E-state index in [-0.39, 0.29) is 0 Å². The highest BCUT2D eigenvalue weighted by atomic mass is 15.2. The van der Waals surface area contributed by atoms with Crippen LogP contribution in [-0.2, 0) is 0 Å². The van der Waals surface area contributed by atoms with Gasteiger partial charge in [0.1, 0.15) is 0 Å². The van der Waals surface area contributed by atoms with Crippen molar-refractivity contribution in [1.29, 1.82) is 5.26 Å². The predicted molar refractivity (Wildman–Crippen MR) is 55.7 cm³/mol. The van der Waals surface area contributed by atoms with Crippen LogP contribution in [0.3, 0.4) is 0 Å². The number of nitriles is 1. The summed E-state index contributed by atoms with van der Waals surface area (Å²) in [5.41, 5.74) is 0. The van der Waals surface area contributed by atoms with Gasteiger partial charge in [0.25, 0.3) is 0 Å². The molecule has 3 atom stereocenters. The lowest BCUT2D eigenvalue weighted by Crippen LogP contribution is -2.35. The zero-order valence-corrected chi connectivity index (χ0v) is 8.87. The van der Waals surface area contributed by atoms with Gasteiger partial charge in [-0.25, -0.2) is 0 Å². The molecule has 14 heavy (non-hydrogen) atoms. The summed E-state index contributed by atoms with van der Waals surface area (Å²) in [5.74, 6) is 1.69. The maximum atomic E-state index is 8.60. The number of hydrogen-bond donors (Lipinski definition) is 1. The molecule has 0 saturated carbocycles. The van der Waals surface area contributed by atoms with E-state index in [2.05, 4.69) is 23.2 Å². The molecule has 0 aromatic carbocycles. The maximum absolute atomic E-state index is 8.60. The first-order valence-electron chi connectivity index (χ1n) is 5.68. The first-order chi connectivity index (χ1) is 6.86.